The van der Waals surface area contributed by atoms with Crippen molar-refractivity contribution in [2.24, 2.45) is 5.92 Å². The minimum atomic E-state index is -3.88. The molecule has 1 heterocycles. The zero-order valence-corrected chi connectivity index (χ0v) is 19.8. The Morgan fingerprint density at radius 3 is 2.56 bits per heavy atom. The van der Waals surface area contributed by atoms with E-state index in [-0.39, 0.29) is 40.7 Å². The van der Waals surface area contributed by atoms with Gasteiger partial charge in [-0.15, -0.1) is 0 Å². The lowest BCUT2D eigenvalue weighted by Gasteiger charge is -2.37. The third-order valence-corrected chi connectivity index (χ3v) is 7.10. The molecule has 0 aromatic heterocycles. The van der Waals surface area contributed by atoms with E-state index in [1.807, 2.05) is 14.0 Å². The second kappa shape index (κ2) is 10.1. The van der Waals surface area contributed by atoms with Crippen LogP contribution in [0, 0.1) is 5.92 Å². The van der Waals surface area contributed by atoms with Gasteiger partial charge in [-0.1, -0.05) is 18.5 Å². The van der Waals surface area contributed by atoms with Gasteiger partial charge in [-0.05, 0) is 56.4 Å². The summed E-state index contributed by atoms with van der Waals surface area (Å²) in [4.78, 5) is 15.0. The Labute approximate surface area is 193 Å². The fraction of sp³-hybridized carbons (Fsp3) is 0.409. The van der Waals surface area contributed by atoms with Crippen molar-refractivity contribution < 1.29 is 23.1 Å². The molecule has 2 aromatic carbocycles. The summed E-state index contributed by atoms with van der Waals surface area (Å²) in [6.07, 6.45) is -0.211. The Kier molecular flexibility index (Phi) is 7.66. The molecule has 1 aliphatic rings. The molecule has 1 aliphatic heterocycles. The van der Waals surface area contributed by atoms with E-state index in [2.05, 4.69) is 10.0 Å². The molecular formula is C22H28ClN3O5S. The first kappa shape index (κ1) is 24.3. The third kappa shape index (κ3) is 5.35. The molecule has 3 rings (SSSR count). The van der Waals surface area contributed by atoms with Gasteiger partial charge >= 0.3 is 0 Å². The molecule has 3 atom stereocenters. The van der Waals surface area contributed by atoms with Crippen LogP contribution in [0.2, 0.25) is 5.02 Å². The van der Waals surface area contributed by atoms with Gasteiger partial charge in [0.25, 0.3) is 15.9 Å². The van der Waals surface area contributed by atoms with Gasteiger partial charge in [-0.2, -0.15) is 0 Å². The van der Waals surface area contributed by atoms with E-state index in [4.69, 9.17) is 16.3 Å². The quantitative estimate of drug-likeness (QED) is 0.561. The second-order valence-corrected chi connectivity index (χ2v) is 10.1. The monoisotopic (exact) mass is 481 g/mol. The van der Waals surface area contributed by atoms with Crippen molar-refractivity contribution >= 4 is 33.2 Å². The lowest BCUT2D eigenvalue weighted by atomic mass is 9.99. The van der Waals surface area contributed by atoms with Crippen molar-refractivity contribution in [3.05, 3.63) is 53.1 Å². The summed E-state index contributed by atoms with van der Waals surface area (Å²) >= 11 is 5.85. The average Bonchev–Trinajstić information content (AvgIpc) is 2.76. The number of nitrogens with one attached hydrogen (secondary N) is 2. The van der Waals surface area contributed by atoms with Gasteiger partial charge in [0.05, 0.1) is 23.1 Å². The van der Waals surface area contributed by atoms with Crippen LogP contribution >= 0.6 is 11.6 Å². The van der Waals surface area contributed by atoms with Crippen LogP contribution in [0.3, 0.4) is 0 Å². The number of benzene rings is 2. The lowest BCUT2D eigenvalue weighted by Crippen LogP contribution is -2.49. The highest BCUT2D eigenvalue weighted by molar-refractivity contribution is 7.92. The van der Waals surface area contributed by atoms with Gasteiger partial charge in [-0.3, -0.25) is 9.52 Å². The number of halogens is 1. The maximum atomic E-state index is 13.4. The van der Waals surface area contributed by atoms with Crippen molar-refractivity contribution in [2.75, 3.05) is 31.5 Å². The van der Waals surface area contributed by atoms with Crippen LogP contribution in [0.25, 0.3) is 0 Å². The van der Waals surface area contributed by atoms with Crippen LogP contribution in [0.4, 0.5) is 5.69 Å². The Morgan fingerprint density at radius 1 is 1.25 bits per heavy atom. The molecule has 10 heteroatoms. The first-order valence-electron chi connectivity index (χ1n) is 10.3. The number of carbonyl (C=O) groups is 1. The first-order valence-corrected chi connectivity index (χ1v) is 12.2. The van der Waals surface area contributed by atoms with Gasteiger partial charge in [-0.25, -0.2) is 8.42 Å². The van der Waals surface area contributed by atoms with Gasteiger partial charge in [0.2, 0.25) is 0 Å². The number of fused-ring (bicyclic) bond motifs is 1. The second-order valence-electron chi connectivity index (χ2n) is 7.95. The van der Waals surface area contributed by atoms with Crippen molar-refractivity contribution in [2.45, 2.75) is 30.9 Å². The summed E-state index contributed by atoms with van der Waals surface area (Å²) in [5, 5.41) is 13.2. The zero-order chi connectivity index (χ0) is 23.5. The number of hydrogen-bond acceptors (Lipinski definition) is 6. The van der Waals surface area contributed by atoms with Crippen LogP contribution in [0.1, 0.15) is 24.2 Å². The van der Waals surface area contributed by atoms with Crippen LogP contribution in [0.15, 0.2) is 47.4 Å². The molecule has 0 fully saturated rings. The largest absolute Gasteiger partial charge is 0.488 e. The fourth-order valence-corrected chi connectivity index (χ4v) is 4.73. The number of carbonyl (C=O) groups excluding carboxylic acids is 1. The molecule has 0 bridgehead atoms. The molecule has 0 saturated heterocycles. The highest BCUT2D eigenvalue weighted by Gasteiger charge is 2.33. The fourth-order valence-electron chi connectivity index (χ4n) is 3.56. The van der Waals surface area contributed by atoms with Crippen LogP contribution in [-0.2, 0) is 10.0 Å². The SMILES string of the molecule is CNC[C@H]1Oc2ccc(NS(=O)(=O)c3ccc(Cl)cc3)cc2C(=O)N([C@H](C)CO)C[C@H]1C. The average molecular weight is 482 g/mol. The van der Waals surface area contributed by atoms with Gasteiger partial charge in [0, 0.05) is 29.7 Å². The molecular weight excluding hydrogens is 454 g/mol. The highest BCUT2D eigenvalue weighted by Crippen LogP contribution is 2.31. The molecule has 8 nitrogen and oxygen atoms in total. The minimum Gasteiger partial charge on any atom is -0.488 e. The van der Waals surface area contributed by atoms with Gasteiger partial charge in [0.15, 0.2) is 0 Å². The van der Waals surface area contributed by atoms with Gasteiger partial charge < -0.3 is 20.1 Å². The Balaban J connectivity index is 1.99. The number of ether oxygens (including phenoxy) is 1. The summed E-state index contributed by atoms with van der Waals surface area (Å²) in [6.45, 7) is 4.54. The van der Waals surface area contributed by atoms with Crippen LogP contribution in [0.5, 0.6) is 5.75 Å². The number of aliphatic hydroxyl groups excluding tert-OH is 1. The van der Waals surface area contributed by atoms with E-state index in [0.29, 0.717) is 23.9 Å². The summed E-state index contributed by atoms with van der Waals surface area (Å²) in [5.74, 6) is 0.0480. The molecule has 32 heavy (non-hydrogen) atoms. The van der Waals surface area contributed by atoms with Crippen molar-refractivity contribution in [3.63, 3.8) is 0 Å². The summed E-state index contributed by atoms with van der Waals surface area (Å²) in [6, 6.07) is 10.0. The van der Waals surface area contributed by atoms with Crippen molar-refractivity contribution in [3.8, 4) is 5.75 Å². The van der Waals surface area contributed by atoms with Crippen molar-refractivity contribution in [1.82, 2.24) is 10.2 Å². The van der Waals surface area contributed by atoms with E-state index in [0.717, 1.165) is 0 Å². The molecule has 0 saturated carbocycles. The van der Waals surface area contributed by atoms with E-state index < -0.39 is 16.1 Å². The standard InChI is InChI=1S/C22H28ClN3O5S/c1-14-12-26(15(2)13-27)22(28)19-10-17(6-9-20(19)31-21(14)11-24-3)25-32(29,30)18-7-4-16(23)5-8-18/h4-10,14-15,21,24-25,27H,11-13H2,1-3H3/t14-,15-,21-/m1/s1. The highest BCUT2D eigenvalue weighted by atomic mass is 35.5. The summed E-state index contributed by atoms with van der Waals surface area (Å²) < 4.78 is 34.2. The molecule has 174 valence electrons. The molecule has 1 amide bonds. The summed E-state index contributed by atoms with van der Waals surface area (Å²) in [5.41, 5.74) is 0.459. The van der Waals surface area contributed by atoms with E-state index in [9.17, 15) is 18.3 Å². The van der Waals surface area contributed by atoms with E-state index in [1.165, 1.54) is 30.3 Å². The molecule has 0 aliphatic carbocycles. The van der Waals surface area contributed by atoms with Gasteiger partial charge in [0.1, 0.15) is 11.9 Å². The summed E-state index contributed by atoms with van der Waals surface area (Å²) in [7, 11) is -2.05. The number of nitrogens with zero attached hydrogens (tertiary/aromatic N) is 1. The Bertz CT molecular complexity index is 1060. The number of sulfonamides is 1. The smallest absolute Gasteiger partial charge is 0.261 e. The maximum Gasteiger partial charge on any atom is 0.261 e. The molecule has 0 radical (unpaired) electrons. The number of hydrogen-bond donors (Lipinski definition) is 3. The number of aliphatic hydroxyl groups is 1. The van der Waals surface area contributed by atoms with Crippen LogP contribution < -0.4 is 14.8 Å². The number of rotatable bonds is 7. The number of amides is 1. The zero-order valence-electron chi connectivity index (χ0n) is 18.2. The minimum absolute atomic E-state index is 0.0108. The van der Waals surface area contributed by atoms with Crippen molar-refractivity contribution in [1.29, 1.82) is 0 Å². The maximum absolute atomic E-state index is 13.4. The normalized spacial score (nSPS) is 20.0. The molecule has 3 N–H and O–H groups in total. The predicted octanol–water partition coefficient (Wildman–Crippen LogP) is 2.58. The molecule has 0 spiro atoms. The predicted molar refractivity (Wildman–Crippen MR) is 124 cm³/mol. The Hall–Kier alpha value is -2.33. The Morgan fingerprint density at radius 2 is 1.94 bits per heavy atom. The number of anilines is 1. The van der Waals surface area contributed by atoms with Crippen LogP contribution in [-0.4, -0.2) is 63.2 Å². The molecule has 2 aromatic rings. The first-order chi connectivity index (χ1) is 15.2. The topological polar surface area (TPSA) is 108 Å². The lowest BCUT2D eigenvalue weighted by molar-refractivity contribution is 0.0416. The number of likely N-dealkylation sites (N-methyl/N-ethyl adjacent to an activating group) is 1. The van der Waals surface area contributed by atoms with E-state index >= 15 is 0 Å². The van der Waals surface area contributed by atoms with E-state index in [1.54, 1.807) is 24.0 Å². The molecule has 0 unspecified atom stereocenters. The third-order valence-electron chi connectivity index (χ3n) is 5.45.